The predicted octanol–water partition coefficient (Wildman–Crippen LogP) is 3.25. The molecule has 0 aliphatic carbocycles. The van der Waals surface area contributed by atoms with Gasteiger partial charge >= 0.3 is 6.03 Å². The molecule has 146 valence electrons. The molecule has 1 aliphatic heterocycles. The van der Waals surface area contributed by atoms with E-state index in [1.165, 1.54) is 12.4 Å². The summed E-state index contributed by atoms with van der Waals surface area (Å²) in [6.07, 6.45) is 3.18. The molecule has 1 aliphatic rings. The smallest absolute Gasteiger partial charge is 0.324 e. The van der Waals surface area contributed by atoms with Crippen LogP contribution in [-0.2, 0) is 7.05 Å². The van der Waals surface area contributed by atoms with Crippen molar-refractivity contribution < 1.29 is 9.18 Å². The summed E-state index contributed by atoms with van der Waals surface area (Å²) in [5, 5.41) is 0.622. The molecule has 2 aromatic heterocycles. The molecule has 0 unspecified atom stereocenters. The molecule has 0 saturated carbocycles. The van der Waals surface area contributed by atoms with Crippen molar-refractivity contribution in [3.8, 4) is 11.1 Å². The average Bonchev–Trinajstić information content (AvgIpc) is 3.16. The minimum Gasteiger partial charge on any atom is -0.383 e. The lowest BCUT2D eigenvalue weighted by atomic mass is 10.0. The van der Waals surface area contributed by atoms with E-state index in [2.05, 4.69) is 23.8 Å². The molecule has 3 heterocycles. The van der Waals surface area contributed by atoms with Crippen LogP contribution in [0.1, 0.15) is 13.8 Å². The zero-order chi connectivity index (χ0) is 20.0. The molecular formula is C20H23FN6O. The third-order valence-electron chi connectivity index (χ3n) is 5.02. The first-order valence-corrected chi connectivity index (χ1v) is 9.28. The Kier molecular flexibility index (Phi) is 4.41. The molecule has 1 saturated heterocycles. The molecule has 28 heavy (non-hydrogen) atoms. The Balaban J connectivity index is 1.70. The van der Waals surface area contributed by atoms with Gasteiger partial charge in [0.05, 0.1) is 5.39 Å². The number of halogens is 1. The van der Waals surface area contributed by atoms with Crippen LogP contribution in [0.4, 0.5) is 20.7 Å². The van der Waals surface area contributed by atoms with E-state index in [9.17, 15) is 4.79 Å². The van der Waals surface area contributed by atoms with E-state index in [1.807, 2.05) is 7.05 Å². The summed E-state index contributed by atoms with van der Waals surface area (Å²) in [7, 11) is 1.83. The highest BCUT2D eigenvalue weighted by Gasteiger charge is 2.30. The van der Waals surface area contributed by atoms with Gasteiger partial charge in [0.15, 0.2) is 0 Å². The van der Waals surface area contributed by atoms with Crippen LogP contribution in [-0.4, -0.2) is 45.1 Å². The molecule has 1 fully saturated rings. The maximum atomic E-state index is 15.0. The quantitative estimate of drug-likeness (QED) is 0.751. The summed E-state index contributed by atoms with van der Waals surface area (Å²) in [5.41, 5.74) is 8.25. The highest BCUT2D eigenvalue weighted by molar-refractivity contribution is 6.01. The number of anilines is 2. The molecule has 0 radical (unpaired) electrons. The van der Waals surface area contributed by atoms with E-state index in [0.29, 0.717) is 59.2 Å². The summed E-state index contributed by atoms with van der Waals surface area (Å²) in [6.45, 7) is 6.05. The molecule has 2 N–H and O–H groups in total. The zero-order valence-electron chi connectivity index (χ0n) is 16.2. The van der Waals surface area contributed by atoms with Gasteiger partial charge < -0.3 is 15.2 Å². The fourth-order valence-corrected chi connectivity index (χ4v) is 3.76. The molecule has 0 spiro atoms. The monoisotopic (exact) mass is 382 g/mol. The van der Waals surface area contributed by atoms with Crippen molar-refractivity contribution in [2.75, 3.05) is 30.3 Å². The SMILES string of the molecule is CC(C)CN1CCN(c2ccc(-c3cn(C)c4ncnc(N)c34)c(F)c2)C1=O. The highest BCUT2D eigenvalue weighted by atomic mass is 19.1. The lowest BCUT2D eigenvalue weighted by Gasteiger charge is -2.20. The number of hydrogen-bond acceptors (Lipinski definition) is 4. The number of nitrogens with zero attached hydrogens (tertiary/aromatic N) is 5. The van der Waals surface area contributed by atoms with E-state index in [4.69, 9.17) is 5.73 Å². The van der Waals surface area contributed by atoms with Crippen molar-refractivity contribution in [3.63, 3.8) is 0 Å². The Morgan fingerprint density at radius 3 is 2.71 bits per heavy atom. The Morgan fingerprint density at radius 1 is 1.21 bits per heavy atom. The van der Waals surface area contributed by atoms with Crippen LogP contribution in [0.3, 0.4) is 0 Å². The van der Waals surface area contributed by atoms with Crippen LogP contribution in [0.5, 0.6) is 0 Å². The number of benzene rings is 1. The van der Waals surface area contributed by atoms with Gasteiger partial charge in [-0.2, -0.15) is 0 Å². The molecule has 1 aromatic carbocycles. The molecular weight excluding hydrogens is 359 g/mol. The van der Waals surface area contributed by atoms with Crippen molar-refractivity contribution in [2.24, 2.45) is 13.0 Å². The van der Waals surface area contributed by atoms with Crippen LogP contribution in [0.25, 0.3) is 22.2 Å². The van der Waals surface area contributed by atoms with Crippen molar-refractivity contribution in [1.82, 2.24) is 19.4 Å². The van der Waals surface area contributed by atoms with E-state index in [1.54, 1.807) is 32.7 Å². The third-order valence-corrected chi connectivity index (χ3v) is 5.02. The normalized spacial score (nSPS) is 14.7. The van der Waals surface area contributed by atoms with Crippen molar-refractivity contribution in [2.45, 2.75) is 13.8 Å². The van der Waals surface area contributed by atoms with E-state index in [0.717, 1.165) is 0 Å². The number of fused-ring (bicyclic) bond motifs is 1. The van der Waals surface area contributed by atoms with E-state index < -0.39 is 5.82 Å². The molecule has 8 heteroatoms. The van der Waals surface area contributed by atoms with Crippen molar-refractivity contribution >= 4 is 28.6 Å². The molecule has 0 atom stereocenters. The van der Waals surface area contributed by atoms with Gasteiger partial charge in [0, 0.05) is 49.7 Å². The molecule has 7 nitrogen and oxygen atoms in total. The zero-order valence-corrected chi connectivity index (χ0v) is 16.2. The summed E-state index contributed by atoms with van der Waals surface area (Å²) >= 11 is 0. The highest BCUT2D eigenvalue weighted by Crippen LogP contribution is 2.35. The van der Waals surface area contributed by atoms with Gasteiger partial charge in [-0.15, -0.1) is 0 Å². The van der Waals surface area contributed by atoms with Gasteiger partial charge in [-0.3, -0.25) is 4.90 Å². The number of nitrogen functional groups attached to an aromatic ring is 1. The number of aromatic nitrogens is 3. The Hall–Kier alpha value is -3.16. The minimum absolute atomic E-state index is 0.0799. The summed E-state index contributed by atoms with van der Waals surface area (Å²) in [5.74, 6) is 0.286. The van der Waals surface area contributed by atoms with Gasteiger partial charge in [0.1, 0.15) is 23.6 Å². The van der Waals surface area contributed by atoms with Gasteiger partial charge in [-0.1, -0.05) is 13.8 Å². The first-order valence-electron chi connectivity index (χ1n) is 9.28. The number of carbonyl (C=O) groups is 1. The van der Waals surface area contributed by atoms with Gasteiger partial charge in [-0.25, -0.2) is 19.2 Å². The number of urea groups is 1. The minimum atomic E-state index is -0.414. The number of amides is 2. The van der Waals surface area contributed by atoms with Crippen LogP contribution >= 0.6 is 0 Å². The maximum Gasteiger partial charge on any atom is 0.324 e. The average molecular weight is 382 g/mol. The van der Waals surface area contributed by atoms with Gasteiger partial charge in [0.2, 0.25) is 0 Å². The van der Waals surface area contributed by atoms with Crippen molar-refractivity contribution in [1.29, 1.82) is 0 Å². The molecule has 4 rings (SSSR count). The number of hydrogen-bond donors (Lipinski definition) is 1. The van der Waals surface area contributed by atoms with Crippen molar-refractivity contribution in [3.05, 3.63) is 36.5 Å². The largest absolute Gasteiger partial charge is 0.383 e. The number of carbonyl (C=O) groups excluding carboxylic acids is 1. The summed E-state index contributed by atoms with van der Waals surface area (Å²) < 4.78 is 16.8. The number of aryl methyl sites for hydroxylation is 1. The number of nitrogens with two attached hydrogens (primary N) is 1. The van der Waals surface area contributed by atoms with Crippen LogP contribution in [0, 0.1) is 11.7 Å². The first kappa shape index (κ1) is 18.2. The Labute approximate surface area is 162 Å². The first-order chi connectivity index (χ1) is 13.4. The third kappa shape index (κ3) is 2.94. The lowest BCUT2D eigenvalue weighted by Crippen LogP contribution is -2.34. The Morgan fingerprint density at radius 2 is 2.00 bits per heavy atom. The standard InChI is InChI=1S/C20H23FN6O/c1-12(2)9-26-6-7-27(20(26)28)13-4-5-14(16(21)8-13)15-10-25(3)19-17(15)18(22)23-11-24-19/h4-5,8,10-12H,6-7,9H2,1-3H3,(H2,22,23,24). The number of rotatable bonds is 4. The molecule has 0 bridgehead atoms. The fraction of sp³-hybridized carbons (Fsp3) is 0.350. The predicted molar refractivity (Wildman–Crippen MR) is 107 cm³/mol. The molecule has 2 amide bonds. The van der Waals surface area contributed by atoms with Crippen LogP contribution < -0.4 is 10.6 Å². The second-order valence-corrected chi connectivity index (χ2v) is 7.55. The van der Waals surface area contributed by atoms with E-state index in [-0.39, 0.29) is 6.03 Å². The lowest BCUT2D eigenvalue weighted by molar-refractivity contribution is 0.215. The van der Waals surface area contributed by atoms with Gasteiger partial charge in [-0.05, 0) is 24.1 Å². The van der Waals surface area contributed by atoms with E-state index >= 15 is 4.39 Å². The van der Waals surface area contributed by atoms with Crippen LogP contribution in [0.2, 0.25) is 0 Å². The van der Waals surface area contributed by atoms with Crippen LogP contribution in [0.15, 0.2) is 30.7 Å². The fourth-order valence-electron chi connectivity index (χ4n) is 3.76. The second kappa shape index (κ2) is 6.78. The molecule has 3 aromatic rings. The summed E-state index contributed by atoms with van der Waals surface area (Å²) in [6, 6.07) is 4.78. The topological polar surface area (TPSA) is 80.3 Å². The summed E-state index contributed by atoms with van der Waals surface area (Å²) in [4.78, 5) is 24.3. The Bertz CT molecular complexity index is 1060. The second-order valence-electron chi connectivity index (χ2n) is 7.55. The van der Waals surface area contributed by atoms with Gasteiger partial charge in [0.25, 0.3) is 0 Å². The maximum absolute atomic E-state index is 15.0.